The molecule has 0 radical (unpaired) electrons. The van der Waals surface area contributed by atoms with Crippen LogP contribution in [0.3, 0.4) is 0 Å². The number of hydrogen-bond donors (Lipinski definition) is 1. The molecule has 2 aromatic rings. The first-order chi connectivity index (χ1) is 17.3. The van der Waals surface area contributed by atoms with Gasteiger partial charge in [-0.25, -0.2) is 0 Å². The van der Waals surface area contributed by atoms with Gasteiger partial charge in [0.15, 0.2) is 0 Å². The Hall–Kier alpha value is -3.70. The fourth-order valence-corrected chi connectivity index (χ4v) is 5.55. The number of imide groups is 2. The Labute approximate surface area is 205 Å². The van der Waals surface area contributed by atoms with Gasteiger partial charge in [-0.05, 0) is 48.2 Å². The van der Waals surface area contributed by atoms with Crippen LogP contribution in [-0.4, -0.2) is 46.9 Å². The molecule has 0 spiro atoms. The molecule has 5 rings (SSSR count). The molecule has 1 saturated carbocycles. The minimum absolute atomic E-state index is 0.267. The highest BCUT2D eigenvalue weighted by molar-refractivity contribution is 6.22. The summed E-state index contributed by atoms with van der Waals surface area (Å²) in [6.07, 6.45) is -8.59. The molecule has 0 aromatic heterocycles. The summed E-state index contributed by atoms with van der Waals surface area (Å²) in [7, 11) is 0. The highest BCUT2D eigenvalue weighted by Crippen LogP contribution is 2.57. The monoisotopic (exact) mass is 524 g/mol. The molecule has 1 N–H and O–H groups in total. The second-order valence-electron chi connectivity index (χ2n) is 9.32. The van der Waals surface area contributed by atoms with Crippen LogP contribution in [0, 0.1) is 0 Å². The van der Waals surface area contributed by atoms with Crippen molar-refractivity contribution >= 4 is 23.6 Å². The Kier molecular flexibility index (Phi) is 5.50. The van der Waals surface area contributed by atoms with Gasteiger partial charge in [0.25, 0.3) is 23.6 Å². The number of fused-ring (bicyclic) bond motifs is 2. The third kappa shape index (κ3) is 3.48. The molecule has 3 aliphatic rings. The second kappa shape index (κ2) is 8.15. The summed E-state index contributed by atoms with van der Waals surface area (Å²) < 4.78 is 87.7. The Bertz CT molecular complexity index is 1340. The van der Waals surface area contributed by atoms with Gasteiger partial charge in [-0.2, -0.15) is 26.3 Å². The van der Waals surface area contributed by atoms with Gasteiger partial charge in [0.05, 0.1) is 22.3 Å². The first-order valence-corrected chi connectivity index (χ1v) is 11.4. The lowest BCUT2D eigenvalue weighted by molar-refractivity contribution is -0.288. The van der Waals surface area contributed by atoms with E-state index in [2.05, 4.69) is 0 Å². The van der Waals surface area contributed by atoms with Crippen molar-refractivity contribution < 1.29 is 45.5 Å². The van der Waals surface area contributed by atoms with Crippen LogP contribution in [0.15, 0.2) is 36.4 Å². The molecule has 0 atom stereocenters. The van der Waals surface area contributed by atoms with Gasteiger partial charge >= 0.3 is 12.4 Å². The van der Waals surface area contributed by atoms with Crippen molar-refractivity contribution in [2.75, 3.05) is 0 Å². The zero-order chi connectivity index (χ0) is 26.9. The Balaban J connectivity index is 1.70. The van der Waals surface area contributed by atoms with Crippen LogP contribution in [0.25, 0.3) is 0 Å². The average molecular weight is 524 g/mol. The van der Waals surface area contributed by atoms with Crippen molar-refractivity contribution in [3.05, 3.63) is 69.8 Å². The van der Waals surface area contributed by atoms with E-state index < -0.39 is 69.7 Å². The number of alkyl halides is 6. The maximum absolute atomic E-state index is 14.6. The van der Waals surface area contributed by atoms with E-state index in [9.17, 15) is 45.5 Å². The molecule has 12 heteroatoms. The van der Waals surface area contributed by atoms with E-state index in [1.807, 2.05) is 5.32 Å². The van der Waals surface area contributed by atoms with Crippen LogP contribution < -0.4 is 5.32 Å². The fourth-order valence-electron chi connectivity index (χ4n) is 5.55. The molecule has 0 unspecified atom stereocenters. The van der Waals surface area contributed by atoms with Crippen molar-refractivity contribution in [3.63, 3.8) is 0 Å². The summed E-state index contributed by atoms with van der Waals surface area (Å²) in [6.45, 7) is 0. The molecule has 37 heavy (non-hydrogen) atoms. The number of nitrogens with zero attached hydrogens (tertiary/aromatic N) is 1. The van der Waals surface area contributed by atoms with E-state index in [4.69, 9.17) is 0 Å². The summed E-state index contributed by atoms with van der Waals surface area (Å²) in [6, 6.07) is 2.95. The van der Waals surface area contributed by atoms with Crippen molar-refractivity contribution in [1.29, 1.82) is 0 Å². The molecular weight excluding hydrogens is 506 g/mol. The van der Waals surface area contributed by atoms with Crippen molar-refractivity contribution in [2.24, 2.45) is 0 Å². The topological polar surface area (TPSA) is 83.6 Å². The van der Waals surface area contributed by atoms with Crippen molar-refractivity contribution in [1.82, 2.24) is 10.2 Å². The summed E-state index contributed by atoms with van der Waals surface area (Å²) in [5, 5.41) is 1.83. The third-order valence-corrected chi connectivity index (χ3v) is 7.31. The molecule has 0 bridgehead atoms. The number of carbonyl (C=O) groups is 4. The van der Waals surface area contributed by atoms with Gasteiger partial charge in [-0.3, -0.25) is 29.4 Å². The number of carbonyl (C=O) groups excluding carboxylic acids is 4. The van der Waals surface area contributed by atoms with Crippen LogP contribution in [0.4, 0.5) is 26.3 Å². The molecule has 2 aromatic carbocycles. The van der Waals surface area contributed by atoms with E-state index in [0.717, 1.165) is 36.3 Å². The quantitative estimate of drug-likeness (QED) is 0.457. The predicted molar refractivity (Wildman–Crippen MR) is 115 cm³/mol. The smallest absolute Gasteiger partial charge is 0.288 e. The number of rotatable bonds is 3. The zero-order valence-electron chi connectivity index (χ0n) is 18.9. The van der Waals surface area contributed by atoms with E-state index in [-0.39, 0.29) is 11.1 Å². The summed E-state index contributed by atoms with van der Waals surface area (Å²) in [5.74, 6) is -3.76. The lowest BCUT2D eigenvalue weighted by atomic mass is 9.71. The molecule has 0 saturated heterocycles. The minimum Gasteiger partial charge on any atom is -0.288 e. The lowest BCUT2D eigenvalue weighted by Crippen LogP contribution is -2.55. The van der Waals surface area contributed by atoms with Crippen LogP contribution >= 0.6 is 0 Å². The molecule has 6 nitrogen and oxygen atoms in total. The van der Waals surface area contributed by atoms with E-state index in [1.165, 1.54) is 0 Å². The number of benzene rings is 2. The normalized spacial score (nSPS) is 18.8. The zero-order valence-corrected chi connectivity index (χ0v) is 18.9. The highest BCUT2D eigenvalue weighted by Gasteiger charge is 2.73. The largest absolute Gasteiger partial charge is 0.411 e. The van der Waals surface area contributed by atoms with Gasteiger partial charge in [0.1, 0.15) is 0 Å². The standard InChI is InChI=1S/C25H18F6N2O4/c26-24(27,28)23(25(29,30)31,12-6-8-15-17(10-12)20(35)32-19(15)34)13-7-9-16-18(11-13)22(37)33(21(16)36)14-4-2-1-3-5-14/h6-11,14H,1-5H2,(H,32,34,35). The van der Waals surface area contributed by atoms with Gasteiger partial charge < -0.3 is 0 Å². The van der Waals surface area contributed by atoms with Gasteiger partial charge in [0.2, 0.25) is 5.41 Å². The molecule has 4 amide bonds. The Morgan fingerprint density at radius 1 is 0.649 bits per heavy atom. The van der Waals surface area contributed by atoms with Crippen LogP contribution in [-0.2, 0) is 5.41 Å². The van der Waals surface area contributed by atoms with Crippen molar-refractivity contribution in [2.45, 2.75) is 55.9 Å². The fraction of sp³-hybridized carbons (Fsp3) is 0.360. The van der Waals surface area contributed by atoms with E-state index >= 15 is 0 Å². The number of nitrogens with one attached hydrogen (secondary N) is 1. The number of hydrogen-bond acceptors (Lipinski definition) is 4. The Morgan fingerprint density at radius 2 is 1.14 bits per heavy atom. The minimum atomic E-state index is -5.98. The molecule has 1 aliphatic carbocycles. The van der Waals surface area contributed by atoms with E-state index in [1.54, 1.807) is 0 Å². The molecule has 2 heterocycles. The van der Waals surface area contributed by atoms with Crippen LogP contribution in [0.5, 0.6) is 0 Å². The summed E-state index contributed by atoms with van der Waals surface area (Å²) in [5.41, 5.74) is -9.13. The van der Waals surface area contributed by atoms with Crippen LogP contribution in [0.2, 0.25) is 0 Å². The number of halogens is 6. The first-order valence-electron chi connectivity index (χ1n) is 11.4. The average Bonchev–Trinajstić information content (AvgIpc) is 3.24. The van der Waals surface area contributed by atoms with E-state index in [0.29, 0.717) is 37.1 Å². The van der Waals surface area contributed by atoms with Crippen LogP contribution in [0.1, 0.15) is 84.7 Å². The van der Waals surface area contributed by atoms with Gasteiger partial charge in [-0.15, -0.1) is 0 Å². The molecule has 194 valence electrons. The number of amides is 4. The lowest BCUT2D eigenvalue weighted by Gasteiger charge is -2.38. The third-order valence-electron chi connectivity index (χ3n) is 7.31. The molecule has 2 aliphatic heterocycles. The summed E-state index contributed by atoms with van der Waals surface area (Å²) >= 11 is 0. The maximum atomic E-state index is 14.6. The Morgan fingerprint density at radius 3 is 1.70 bits per heavy atom. The van der Waals surface area contributed by atoms with Gasteiger partial charge in [0, 0.05) is 6.04 Å². The second-order valence-corrected chi connectivity index (χ2v) is 9.32. The highest BCUT2D eigenvalue weighted by atomic mass is 19.4. The predicted octanol–water partition coefficient (Wildman–Crippen LogP) is 4.91. The van der Waals surface area contributed by atoms with Gasteiger partial charge in [-0.1, -0.05) is 31.4 Å². The molecule has 1 fully saturated rings. The van der Waals surface area contributed by atoms with Crippen molar-refractivity contribution in [3.8, 4) is 0 Å². The molecular formula is C25H18F6N2O4. The SMILES string of the molecule is O=C1NC(=O)c2cc(C(c3ccc4c(c3)C(=O)N(C3CCCCC3)C4=O)(C(F)(F)F)C(F)(F)F)ccc21. The maximum Gasteiger partial charge on any atom is 0.411 e. The summed E-state index contributed by atoms with van der Waals surface area (Å²) in [4.78, 5) is 50.8. The first kappa shape index (κ1) is 25.0.